The van der Waals surface area contributed by atoms with Crippen molar-refractivity contribution in [1.29, 1.82) is 0 Å². The van der Waals surface area contributed by atoms with Gasteiger partial charge in [0.25, 0.3) is 5.91 Å². The van der Waals surface area contributed by atoms with Gasteiger partial charge in [0.2, 0.25) is 0 Å². The quantitative estimate of drug-likeness (QED) is 0.332. The van der Waals surface area contributed by atoms with E-state index in [0.29, 0.717) is 16.4 Å². The molecule has 21 heavy (non-hydrogen) atoms. The Hall–Kier alpha value is -2.06. The molecule has 0 radical (unpaired) electrons. The van der Waals surface area contributed by atoms with Gasteiger partial charge in [-0.25, -0.2) is 0 Å². The number of nitrogens with one attached hydrogen (secondary N) is 1. The van der Waals surface area contributed by atoms with Crippen LogP contribution in [0.15, 0.2) is 34.0 Å². The molecule has 4 N–H and O–H groups in total. The SMILES string of the molecule is Cn1ncc(C(N)=NO)c1NC(=O)c1cc(Br)ccc1Cl. The first-order valence-corrected chi connectivity index (χ1v) is 6.87. The fourth-order valence-electron chi connectivity index (χ4n) is 1.67. The molecule has 0 unspecified atom stereocenters. The van der Waals surface area contributed by atoms with Gasteiger partial charge in [0.15, 0.2) is 5.84 Å². The van der Waals surface area contributed by atoms with Crippen LogP contribution < -0.4 is 11.1 Å². The van der Waals surface area contributed by atoms with E-state index in [1.54, 1.807) is 25.2 Å². The standard InChI is InChI=1S/C12H11BrClN5O2/c1-19-11(8(5-16-19)10(15)18-21)17-12(20)7-4-6(13)2-3-9(7)14/h2-5,21H,1H3,(H2,15,18)(H,17,20). The number of carbonyl (C=O) groups is 1. The first-order chi connectivity index (χ1) is 9.93. The molecule has 0 aliphatic rings. The van der Waals surface area contributed by atoms with Crippen LogP contribution in [0.3, 0.4) is 0 Å². The minimum absolute atomic E-state index is 0.154. The predicted molar refractivity (Wildman–Crippen MR) is 82.8 cm³/mol. The molecule has 0 saturated heterocycles. The van der Waals surface area contributed by atoms with Crippen LogP contribution in [0.25, 0.3) is 0 Å². The van der Waals surface area contributed by atoms with Crippen molar-refractivity contribution in [3.05, 3.63) is 45.0 Å². The van der Waals surface area contributed by atoms with E-state index in [0.717, 1.165) is 4.47 Å². The molecule has 0 bridgehead atoms. The third-order valence-electron chi connectivity index (χ3n) is 2.73. The number of carbonyl (C=O) groups excluding carboxylic acids is 1. The zero-order valence-electron chi connectivity index (χ0n) is 10.8. The van der Waals surface area contributed by atoms with Crippen LogP contribution in [0.5, 0.6) is 0 Å². The fraction of sp³-hybridized carbons (Fsp3) is 0.0833. The van der Waals surface area contributed by atoms with Gasteiger partial charge in [0.05, 0.1) is 22.3 Å². The third-order valence-corrected chi connectivity index (χ3v) is 3.55. The molecule has 0 aliphatic heterocycles. The molecule has 1 amide bonds. The molecule has 1 aromatic carbocycles. The zero-order chi connectivity index (χ0) is 15.6. The van der Waals surface area contributed by atoms with Crippen LogP contribution in [0, 0.1) is 0 Å². The molecule has 7 nitrogen and oxygen atoms in total. The first kappa shape index (κ1) is 15.3. The largest absolute Gasteiger partial charge is 0.409 e. The lowest BCUT2D eigenvalue weighted by molar-refractivity contribution is 0.102. The second kappa shape index (κ2) is 6.15. The number of amides is 1. The summed E-state index contributed by atoms with van der Waals surface area (Å²) in [5.74, 6) is -0.290. The van der Waals surface area contributed by atoms with Gasteiger partial charge in [-0.3, -0.25) is 9.48 Å². The Morgan fingerprint density at radius 3 is 2.90 bits per heavy atom. The maximum atomic E-state index is 12.3. The number of nitrogens with two attached hydrogens (primary N) is 1. The number of rotatable bonds is 3. The van der Waals surface area contributed by atoms with Crippen LogP contribution in [0.4, 0.5) is 5.82 Å². The normalized spacial score (nSPS) is 11.5. The molecule has 0 saturated carbocycles. The zero-order valence-corrected chi connectivity index (χ0v) is 13.2. The highest BCUT2D eigenvalue weighted by atomic mass is 79.9. The van der Waals surface area contributed by atoms with Gasteiger partial charge in [0.1, 0.15) is 5.82 Å². The van der Waals surface area contributed by atoms with Gasteiger partial charge in [-0.1, -0.05) is 32.7 Å². The highest BCUT2D eigenvalue weighted by Gasteiger charge is 2.18. The molecule has 1 heterocycles. The van der Waals surface area contributed by atoms with Crippen LogP contribution in [-0.4, -0.2) is 26.7 Å². The van der Waals surface area contributed by atoms with Crippen LogP contribution >= 0.6 is 27.5 Å². The van der Waals surface area contributed by atoms with Crippen molar-refractivity contribution in [2.75, 3.05) is 5.32 Å². The number of hydrogen-bond donors (Lipinski definition) is 3. The summed E-state index contributed by atoms with van der Waals surface area (Å²) in [6.07, 6.45) is 1.38. The highest BCUT2D eigenvalue weighted by molar-refractivity contribution is 9.10. The van der Waals surface area contributed by atoms with Crippen molar-refractivity contribution in [3.8, 4) is 0 Å². The van der Waals surface area contributed by atoms with Crippen molar-refractivity contribution in [3.63, 3.8) is 0 Å². The lowest BCUT2D eigenvalue weighted by Gasteiger charge is -2.09. The van der Waals surface area contributed by atoms with E-state index >= 15 is 0 Å². The van der Waals surface area contributed by atoms with Crippen molar-refractivity contribution in [1.82, 2.24) is 9.78 Å². The molecule has 2 rings (SSSR count). The Bertz CT molecular complexity index is 728. The van der Waals surface area contributed by atoms with Gasteiger partial charge in [-0.05, 0) is 18.2 Å². The Labute approximate surface area is 133 Å². The van der Waals surface area contributed by atoms with Gasteiger partial charge < -0.3 is 16.3 Å². The number of oxime groups is 1. The van der Waals surface area contributed by atoms with Crippen LogP contribution in [-0.2, 0) is 7.05 Å². The average molecular weight is 373 g/mol. The summed E-state index contributed by atoms with van der Waals surface area (Å²) in [4.78, 5) is 12.3. The number of amidine groups is 1. The number of aromatic nitrogens is 2. The summed E-state index contributed by atoms with van der Waals surface area (Å²) in [5, 5.41) is 18.6. The molecular formula is C12H11BrClN5O2. The number of hydrogen-bond acceptors (Lipinski definition) is 4. The monoisotopic (exact) mass is 371 g/mol. The van der Waals surface area contributed by atoms with E-state index in [1.807, 2.05) is 0 Å². The minimum atomic E-state index is -0.433. The van der Waals surface area contributed by atoms with Gasteiger partial charge in [-0.15, -0.1) is 0 Å². The Morgan fingerprint density at radius 1 is 1.52 bits per heavy atom. The van der Waals surface area contributed by atoms with Crippen molar-refractivity contribution >= 4 is 45.1 Å². The molecule has 0 spiro atoms. The smallest absolute Gasteiger partial charge is 0.258 e. The number of benzene rings is 1. The van der Waals surface area contributed by atoms with E-state index < -0.39 is 5.91 Å². The lowest BCUT2D eigenvalue weighted by Crippen LogP contribution is -2.20. The van der Waals surface area contributed by atoms with E-state index in [2.05, 4.69) is 31.5 Å². The number of halogens is 2. The van der Waals surface area contributed by atoms with E-state index in [4.69, 9.17) is 22.5 Å². The van der Waals surface area contributed by atoms with Gasteiger partial charge in [-0.2, -0.15) is 5.10 Å². The molecular weight excluding hydrogens is 362 g/mol. The molecule has 110 valence electrons. The average Bonchev–Trinajstić information content (AvgIpc) is 2.82. The van der Waals surface area contributed by atoms with Crippen molar-refractivity contribution in [2.45, 2.75) is 0 Å². The summed E-state index contributed by atoms with van der Waals surface area (Å²) >= 11 is 9.29. The Balaban J connectivity index is 2.36. The minimum Gasteiger partial charge on any atom is -0.409 e. The summed E-state index contributed by atoms with van der Waals surface area (Å²) in [6.45, 7) is 0. The van der Waals surface area contributed by atoms with E-state index in [-0.39, 0.29) is 11.4 Å². The molecule has 1 aromatic heterocycles. The van der Waals surface area contributed by atoms with E-state index in [9.17, 15) is 4.79 Å². The first-order valence-electron chi connectivity index (χ1n) is 5.70. The maximum Gasteiger partial charge on any atom is 0.258 e. The summed E-state index contributed by atoms with van der Waals surface area (Å²) in [7, 11) is 1.62. The van der Waals surface area contributed by atoms with Gasteiger partial charge >= 0.3 is 0 Å². The van der Waals surface area contributed by atoms with Crippen molar-refractivity contribution in [2.24, 2.45) is 17.9 Å². The lowest BCUT2D eigenvalue weighted by atomic mass is 10.2. The molecule has 2 aromatic rings. The summed E-state index contributed by atoms with van der Waals surface area (Å²) < 4.78 is 2.12. The fourth-order valence-corrected chi connectivity index (χ4v) is 2.24. The van der Waals surface area contributed by atoms with Crippen LogP contribution in [0.2, 0.25) is 5.02 Å². The van der Waals surface area contributed by atoms with Gasteiger partial charge in [0, 0.05) is 11.5 Å². The van der Waals surface area contributed by atoms with Crippen LogP contribution in [0.1, 0.15) is 15.9 Å². The molecule has 9 heteroatoms. The topological polar surface area (TPSA) is 106 Å². The molecule has 0 aliphatic carbocycles. The molecule has 0 atom stereocenters. The maximum absolute atomic E-state index is 12.3. The number of anilines is 1. The summed E-state index contributed by atoms with van der Waals surface area (Å²) in [6, 6.07) is 4.93. The third kappa shape index (κ3) is 3.17. The second-order valence-corrected chi connectivity index (χ2v) is 5.42. The molecule has 0 fully saturated rings. The Morgan fingerprint density at radius 2 is 2.24 bits per heavy atom. The van der Waals surface area contributed by atoms with E-state index in [1.165, 1.54) is 10.9 Å². The second-order valence-electron chi connectivity index (χ2n) is 4.09. The number of nitrogens with zero attached hydrogens (tertiary/aromatic N) is 3. The highest BCUT2D eigenvalue weighted by Crippen LogP contribution is 2.23. The summed E-state index contributed by atoms with van der Waals surface area (Å²) in [5.41, 5.74) is 6.13. The predicted octanol–water partition coefficient (Wildman–Crippen LogP) is 2.18. The van der Waals surface area contributed by atoms with Crippen molar-refractivity contribution < 1.29 is 10.0 Å². The number of aryl methyl sites for hydroxylation is 1. The Kier molecular flexibility index (Phi) is 4.49.